The number of fused-ring (bicyclic) bond motifs is 1. The highest BCUT2D eigenvalue weighted by Crippen LogP contribution is 2.18. The fourth-order valence-corrected chi connectivity index (χ4v) is 2.68. The van der Waals surface area contributed by atoms with E-state index in [4.69, 9.17) is 0 Å². The lowest BCUT2D eigenvalue weighted by Gasteiger charge is -2.10. The zero-order valence-electron chi connectivity index (χ0n) is 14.4. The highest BCUT2D eigenvalue weighted by molar-refractivity contribution is 5.85. The molecule has 0 unspecified atom stereocenters. The lowest BCUT2D eigenvalue weighted by molar-refractivity contribution is 0.421. The molecule has 0 spiro atoms. The first kappa shape index (κ1) is 17.1. The summed E-state index contributed by atoms with van der Waals surface area (Å²) in [6.07, 6.45) is 1.25. The molecule has 1 aromatic carbocycles. The largest absolute Gasteiger partial charge is 0.494 e. The van der Waals surface area contributed by atoms with Gasteiger partial charge in [-0.1, -0.05) is 12.1 Å². The van der Waals surface area contributed by atoms with Gasteiger partial charge in [0.2, 0.25) is 5.88 Å². The molecule has 2 heterocycles. The predicted octanol–water partition coefficient (Wildman–Crippen LogP) is 1.17. The number of nitriles is 1. The summed E-state index contributed by atoms with van der Waals surface area (Å²) in [5.74, 6) is 0.0297. The number of rotatable bonds is 2. The molecule has 2 aromatic heterocycles. The van der Waals surface area contributed by atoms with Crippen molar-refractivity contribution in [1.82, 2.24) is 14.2 Å². The fraction of sp³-hybridized carbons (Fsp3) is 0.167. The van der Waals surface area contributed by atoms with E-state index in [-0.39, 0.29) is 28.1 Å². The van der Waals surface area contributed by atoms with Crippen LogP contribution in [0.3, 0.4) is 0 Å². The van der Waals surface area contributed by atoms with Crippen LogP contribution in [0.1, 0.15) is 22.5 Å². The molecule has 0 aliphatic rings. The Balaban J connectivity index is 2.23. The van der Waals surface area contributed by atoms with Crippen LogP contribution in [-0.2, 0) is 7.05 Å². The molecule has 8 heteroatoms. The first-order valence-corrected chi connectivity index (χ1v) is 7.72. The molecule has 0 atom stereocenters. The topological polar surface area (TPSA) is 113 Å². The lowest BCUT2D eigenvalue weighted by Crippen LogP contribution is -2.23. The van der Waals surface area contributed by atoms with Crippen LogP contribution in [0.15, 0.2) is 39.0 Å². The maximum Gasteiger partial charge on any atom is 0.282 e. The summed E-state index contributed by atoms with van der Waals surface area (Å²) in [6, 6.07) is 8.74. The van der Waals surface area contributed by atoms with Gasteiger partial charge < -0.3 is 5.11 Å². The van der Waals surface area contributed by atoms with Gasteiger partial charge >= 0.3 is 0 Å². The van der Waals surface area contributed by atoms with E-state index in [1.54, 1.807) is 31.2 Å². The Labute approximate surface area is 147 Å². The molecule has 0 aliphatic heterocycles. The average molecular weight is 349 g/mol. The second-order valence-corrected chi connectivity index (χ2v) is 5.75. The minimum atomic E-state index is -0.597. The van der Waals surface area contributed by atoms with Crippen molar-refractivity contribution in [3.63, 3.8) is 0 Å². The third-order valence-electron chi connectivity index (χ3n) is 4.19. The Morgan fingerprint density at radius 1 is 1.23 bits per heavy atom. The van der Waals surface area contributed by atoms with Crippen molar-refractivity contribution in [2.75, 3.05) is 0 Å². The lowest BCUT2D eigenvalue weighted by atomic mass is 10.1. The van der Waals surface area contributed by atoms with E-state index in [1.807, 2.05) is 6.07 Å². The number of nitrogens with zero attached hydrogens (tertiary/aromatic N) is 5. The number of aromatic hydroxyl groups is 1. The van der Waals surface area contributed by atoms with Crippen LogP contribution >= 0.6 is 0 Å². The van der Waals surface area contributed by atoms with E-state index in [0.717, 1.165) is 9.24 Å². The summed E-state index contributed by atoms with van der Waals surface area (Å²) in [6.45, 7) is 3.18. The molecule has 130 valence electrons. The quantitative estimate of drug-likeness (QED) is 0.698. The number of para-hydroxylation sites is 1. The van der Waals surface area contributed by atoms with Gasteiger partial charge in [-0.05, 0) is 31.5 Å². The Hall–Kier alpha value is -3.73. The first-order valence-electron chi connectivity index (χ1n) is 7.72. The summed E-state index contributed by atoms with van der Waals surface area (Å²) in [4.78, 5) is 29.0. The molecule has 3 aromatic rings. The van der Waals surface area contributed by atoms with Crippen molar-refractivity contribution in [2.24, 2.45) is 12.1 Å². The van der Waals surface area contributed by atoms with Crippen molar-refractivity contribution in [2.45, 2.75) is 13.8 Å². The van der Waals surface area contributed by atoms with Crippen LogP contribution in [0, 0.1) is 25.2 Å². The number of aryl methyl sites for hydroxylation is 1. The standard InChI is InChI=1S/C18H15N5O3/c1-10-13(8-19)16(24)22(3)17(25)14(10)9-20-23-11(2)21-15-7-5-4-6-12(15)18(23)26/h4-7,9,25H,1-3H3/b20-9+. The van der Waals surface area contributed by atoms with Gasteiger partial charge in [-0.3, -0.25) is 14.2 Å². The highest BCUT2D eigenvalue weighted by Gasteiger charge is 2.16. The van der Waals surface area contributed by atoms with Crippen LogP contribution in [0.25, 0.3) is 10.9 Å². The maximum atomic E-state index is 12.6. The van der Waals surface area contributed by atoms with Crippen molar-refractivity contribution < 1.29 is 5.11 Å². The van der Waals surface area contributed by atoms with Gasteiger partial charge in [-0.2, -0.15) is 15.0 Å². The SMILES string of the molecule is Cc1c(/C=N/n2c(C)nc3ccccc3c2=O)c(O)n(C)c(=O)c1C#N. The van der Waals surface area contributed by atoms with Crippen molar-refractivity contribution in [1.29, 1.82) is 5.26 Å². The molecule has 0 amide bonds. The second-order valence-electron chi connectivity index (χ2n) is 5.75. The van der Waals surface area contributed by atoms with E-state index < -0.39 is 5.56 Å². The van der Waals surface area contributed by atoms with Crippen LogP contribution in [0.5, 0.6) is 5.88 Å². The normalized spacial score (nSPS) is 11.2. The monoisotopic (exact) mass is 349 g/mol. The highest BCUT2D eigenvalue weighted by atomic mass is 16.3. The second kappa shape index (κ2) is 6.29. The number of aromatic nitrogens is 3. The molecule has 8 nitrogen and oxygen atoms in total. The minimum Gasteiger partial charge on any atom is -0.494 e. The van der Waals surface area contributed by atoms with Crippen molar-refractivity contribution in [3.8, 4) is 11.9 Å². The molecule has 0 saturated carbocycles. The van der Waals surface area contributed by atoms with Crippen LogP contribution < -0.4 is 11.1 Å². The Kier molecular flexibility index (Phi) is 4.14. The van der Waals surface area contributed by atoms with Gasteiger partial charge in [0.25, 0.3) is 11.1 Å². The number of pyridine rings is 1. The van der Waals surface area contributed by atoms with Crippen molar-refractivity contribution in [3.05, 3.63) is 67.5 Å². The van der Waals surface area contributed by atoms with Gasteiger partial charge in [0.15, 0.2) is 0 Å². The van der Waals surface area contributed by atoms with Gasteiger partial charge in [0.1, 0.15) is 17.5 Å². The van der Waals surface area contributed by atoms with Gasteiger partial charge in [-0.15, -0.1) is 0 Å². The molecular weight excluding hydrogens is 334 g/mol. The number of hydrogen-bond donors (Lipinski definition) is 1. The molecule has 0 radical (unpaired) electrons. The van der Waals surface area contributed by atoms with E-state index >= 15 is 0 Å². The van der Waals surface area contributed by atoms with Crippen LogP contribution in [0.2, 0.25) is 0 Å². The number of hydrogen-bond acceptors (Lipinski definition) is 6. The van der Waals surface area contributed by atoms with Gasteiger partial charge in [-0.25, -0.2) is 4.98 Å². The van der Waals surface area contributed by atoms with E-state index in [9.17, 15) is 20.0 Å². The molecule has 0 saturated heterocycles. The molecule has 3 rings (SSSR count). The zero-order valence-corrected chi connectivity index (χ0v) is 14.4. The summed E-state index contributed by atoms with van der Waals surface area (Å²) in [7, 11) is 1.35. The summed E-state index contributed by atoms with van der Waals surface area (Å²) in [5.41, 5.74) is -0.00611. The summed E-state index contributed by atoms with van der Waals surface area (Å²) >= 11 is 0. The maximum absolute atomic E-state index is 12.6. The Morgan fingerprint density at radius 2 is 1.92 bits per heavy atom. The van der Waals surface area contributed by atoms with E-state index in [2.05, 4.69) is 10.1 Å². The molecule has 26 heavy (non-hydrogen) atoms. The fourth-order valence-electron chi connectivity index (χ4n) is 2.68. The van der Waals surface area contributed by atoms with Crippen LogP contribution in [0.4, 0.5) is 0 Å². The van der Waals surface area contributed by atoms with Crippen LogP contribution in [-0.4, -0.2) is 25.5 Å². The summed E-state index contributed by atoms with van der Waals surface area (Å²) in [5, 5.41) is 23.9. The zero-order chi connectivity index (χ0) is 19.0. The third kappa shape index (κ3) is 2.56. The molecule has 0 fully saturated rings. The molecular formula is C18H15N5O3. The average Bonchev–Trinajstić information content (AvgIpc) is 2.62. The Morgan fingerprint density at radius 3 is 2.62 bits per heavy atom. The van der Waals surface area contributed by atoms with Crippen molar-refractivity contribution >= 4 is 17.1 Å². The number of benzene rings is 1. The smallest absolute Gasteiger partial charge is 0.282 e. The third-order valence-corrected chi connectivity index (χ3v) is 4.19. The van der Waals surface area contributed by atoms with E-state index in [0.29, 0.717) is 16.7 Å². The summed E-state index contributed by atoms with van der Waals surface area (Å²) < 4.78 is 2.07. The molecule has 0 bridgehead atoms. The Bertz CT molecular complexity index is 1230. The first-order chi connectivity index (χ1) is 12.4. The molecule has 1 N–H and O–H groups in total. The van der Waals surface area contributed by atoms with Gasteiger partial charge in [0, 0.05) is 7.05 Å². The minimum absolute atomic E-state index is 0.0903. The predicted molar refractivity (Wildman–Crippen MR) is 96.5 cm³/mol. The molecule has 0 aliphatic carbocycles. The van der Waals surface area contributed by atoms with E-state index in [1.165, 1.54) is 20.2 Å². The van der Waals surface area contributed by atoms with Gasteiger partial charge in [0.05, 0.1) is 22.7 Å².